The maximum Gasteiger partial charge on any atom is 0.336 e. The number of rotatable bonds is 6. The summed E-state index contributed by atoms with van der Waals surface area (Å²) in [6.45, 7) is 0. The van der Waals surface area contributed by atoms with Crippen LogP contribution in [-0.4, -0.2) is 41.6 Å². The van der Waals surface area contributed by atoms with Crippen LogP contribution in [0.3, 0.4) is 0 Å². The van der Waals surface area contributed by atoms with Crippen LogP contribution in [-0.2, 0) is 4.79 Å². The molecule has 0 radical (unpaired) electrons. The van der Waals surface area contributed by atoms with Gasteiger partial charge in [0.25, 0.3) is 0 Å². The minimum Gasteiger partial charge on any atom is -0.478 e. The lowest BCUT2D eigenvalue weighted by atomic mass is 9.94. The highest BCUT2D eigenvalue weighted by Gasteiger charge is 2.25. The average molecular weight is 323 g/mol. The van der Waals surface area contributed by atoms with Crippen molar-refractivity contribution in [2.45, 2.75) is 0 Å². The first-order valence-electron chi connectivity index (χ1n) is 7.27. The van der Waals surface area contributed by atoms with E-state index in [1.165, 1.54) is 24.3 Å². The van der Waals surface area contributed by atoms with Crippen molar-refractivity contribution in [2.75, 3.05) is 14.1 Å². The third kappa shape index (κ3) is 3.76. The Bertz CT molecular complexity index is 807. The Labute approximate surface area is 139 Å². The van der Waals surface area contributed by atoms with E-state index in [1.54, 1.807) is 49.5 Å². The molecule has 2 rings (SSSR count). The van der Waals surface area contributed by atoms with Crippen LogP contribution in [0.4, 0.5) is 0 Å². The zero-order chi connectivity index (χ0) is 17.7. The van der Waals surface area contributed by atoms with Gasteiger partial charge in [0.2, 0.25) is 11.6 Å². The van der Waals surface area contributed by atoms with Crippen molar-refractivity contribution in [3.63, 3.8) is 0 Å². The molecule has 0 unspecified atom stereocenters. The molecule has 24 heavy (non-hydrogen) atoms. The van der Waals surface area contributed by atoms with Gasteiger partial charge < -0.3 is 10.0 Å². The van der Waals surface area contributed by atoms with E-state index in [0.29, 0.717) is 5.56 Å². The van der Waals surface area contributed by atoms with Gasteiger partial charge >= 0.3 is 5.97 Å². The second-order valence-electron chi connectivity index (χ2n) is 5.38. The highest BCUT2D eigenvalue weighted by atomic mass is 16.4. The predicted molar refractivity (Wildman–Crippen MR) is 90.8 cm³/mol. The molecule has 0 aliphatic heterocycles. The van der Waals surface area contributed by atoms with Crippen molar-refractivity contribution in [1.29, 1.82) is 0 Å². The van der Waals surface area contributed by atoms with Crippen molar-refractivity contribution in [1.82, 2.24) is 4.90 Å². The number of nitrogens with zero attached hydrogens (tertiary/aromatic N) is 1. The summed E-state index contributed by atoms with van der Waals surface area (Å²) < 4.78 is 0. The number of aromatic carboxylic acids is 1. The summed E-state index contributed by atoms with van der Waals surface area (Å²) in [5, 5.41) is 9.21. The second kappa shape index (κ2) is 7.37. The number of carboxylic acid groups (broad SMARTS) is 1. The van der Waals surface area contributed by atoms with E-state index in [9.17, 15) is 19.5 Å². The molecule has 2 aromatic rings. The fourth-order valence-corrected chi connectivity index (χ4v) is 2.25. The van der Waals surface area contributed by atoms with Crippen molar-refractivity contribution < 1.29 is 19.5 Å². The van der Waals surface area contributed by atoms with E-state index in [4.69, 9.17) is 0 Å². The number of carbonyl (C=O) groups is 3. The van der Waals surface area contributed by atoms with Crippen molar-refractivity contribution in [3.8, 4) is 0 Å². The molecule has 0 amide bonds. The number of carbonyl (C=O) groups excluding carboxylic acids is 2. The van der Waals surface area contributed by atoms with E-state index in [-0.39, 0.29) is 16.7 Å². The highest BCUT2D eigenvalue weighted by Crippen LogP contribution is 2.20. The highest BCUT2D eigenvalue weighted by molar-refractivity contribution is 6.58. The van der Waals surface area contributed by atoms with Gasteiger partial charge in [0.1, 0.15) is 0 Å². The van der Waals surface area contributed by atoms with Gasteiger partial charge in [-0.2, -0.15) is 0 Å². The van der Waals surface area contributed by atoms with E-state index in [1.807, 2.05) is 6.07 Å². The molecule has 5 nitrogen and oxygen atoms in total. The minimum atomic E-state index is -1.25. The van der Waals surface area contributed by atoms with E-state index >= 15 is 0 Å². The number of allylic oxidation sites excluding steroid dienone is 1. The minimum absolute atomic E-state index is 0.115. The summed E-state index contributed by atoms with van der Waals surface area (Å²) in [6, 6.07) is 14.5. The standard InChI is InChI=1S/C19H17NO4/c1-20(2)12-16(13-8-4-3-5-9-13)18(22)17(21)14-10-6-7-11-15(14)19(23)24/h3-12H,1-2H3,(H,23,24). The topological polar surface area (TPSA) is 74.7 Å². The summed E-state index contributed by atoms with van der Waals surface area (Å²) in [4.78, 5) is 38.3. The molecule has 0 aliphatic carbocycles. The maximum absolute atomic E-state index is 12.7. The summed E-state index contributed by atoms with van der Waals surface area (Å²) in [7, 11) is 3.48. The summed E-state index contributed by atoms with van der Waals surface area (Å²) >= 11 is 0. The van der Waals surface area contributed by atoms with Crippen LogP contribution in [0, 0.1) is 0 Å². The molecule has 2 aromatic carbocycles. The molecule has 1 N–H and O–H groups in total. The monoisotopic (exact) mass is 323 g/mol. The third-order valence-electron chi connectivity index (χ3n) is 3.33. The number of ketones is 2. The summed E-state index contributed by atoms with van der Waals surface area (Å²) in [5.41, 5.74) is 0.506. The molecule has 0 atom stereocenters. The molecular weight excluding hydrogens is 306 g/mol. The molecule has 0 aromatic heterocycles. The fourth-order valence-electron chi connectivity index (χ4n) is 2.25. The smallest absolute Gasteiger partial charge is 0.336 e. The van der Waals surface area contributed by atoms with Gasteiger partial charge in [0, 0.05) is 31.4 Å². The quantitative estimate of drug-likeness (QED) is 0.502. The number of Topliss-reactive ketones (excluding diaryl/α,β-unsaturated/α-hetero) is 2. The molecule has 0 heterocycles. The zero-order valence-electron chi connectivity index (χ0n) is 13.4. The molecule has 5 heteroatoms. The Morgan fingerprint density at radius 3 is 1.96 bits per heavy atom. The molecule has 0 saturated carbocycles. The SMILES string of the molecule is CN(C)C=C(C(=O)C(=O)c1ccccc1C(=O)O)c1ccccc1. The number of hydrogen-bond donors (Lipinski definition) is 1. The Kier molecular flexibility index (Phi) is 5.27. The van der Waals surface area contributed by atoms with Crippen LogP contribution in [0.25, 0.3) is 5.57 Å². The lowest BCUT2D eigenvalue weighted by Gasteiger charge is -2.12. The Morgan fingerprint density at radius 1 is 0.875 bits per heavy atom. The van der Waals surface area contributed by atoms with Gasteiger partial charge in [0.15, 0.2) is 0 Å². The van der Waals surface area contributed by atoms with Crippen molar-refractivity contribution in [3.05, 3.63) is 77.5 Å². The van der Waals surface area contributed by atoms with Crippen LogP contribution in [0.5, 0.6) is 0 Å². The largest absolute Gasteiger partial charge is 0.478 e. The molecule has 0 fully saturated rings. The average Bonchev–Trinajstić information content (AvgIpc) is 2.59. The second-order valence-corrected chi connectivity index (χ2v) is 5.38. The third-order valence-corrected chi connectivity index (χ3v) is 3.33. The number of benzene rings is 2. The maximum atomic E-state index is 12.7. The molecular formula is C19H17NO4. The van der Waals surface area contributed by atoms with Gasteiger partial charge in [-0.05, 0) is 11.6 Å². The summed E-state index contributed by atoms with van der Waals surface area (Å²) in [5.74, 6) is -2.84. The van der Waals surface area contributed by atoms with Crippen LogP contribution in [0.2, 0.25) is 0 Å². The van der Waals surface area contributed by atoms with E-state index in [0.717, 1.165) is 0 Å². The molecule has 0 spiro atoms. The van der Waals surface area contributed by atoms with E-state index in [2.05, 4.69) is 0 Å². The Morgan fingerprint density at radius 2 is 1.42 bits per heavy atom. The van der Waals surface area contributed by atoms with Crippen LogP contribution < -0.4 is 0 Å². The van der Waals surface area contributed by atoms with Crippen LogP contribution in [0.15, 0.2) is 60.8 Å². The zero-order valence-corrected chi connectivity index (χ0v) is 13.4. The van der Waals surface area contributed by atoms with Crippen LogP contribution >= 0.6 is 0 Å². The fraction of sp³-hybridized carbons (Fsp3) is 0.105. The van der Waals surface area contributed by atoms with Gasteiger partial charge in [0.05, 0.1) is 5.56 Å². The number of hydrogen-bond acceptors (Lipinski definition) is 4. The molecule has 0 aliphatic rings. The first-order valence-corrected chi connectivity index (χ1v) is 7.27. The molecule has 0 saturated heterocycles. The lowest BCUT2D eigenvalue weighted by molar-refractivity contribution is -0.110. The first kappa shape index (κ1) is 17.1. The lowest BCUT2D eigenvalue weighted by Crippen LogP contribution is -2.20. The number of carboxylic acids is 1. The van der Waals surface area contributed by atoms with Crippen molar-refractivity contribution >= 4 is 23.1 Å². The predicted octanol–water partition coefficient (Wildman–Crippen LogP) is 2.74. The van der Waals surface area contributed by atoms with E-state index < -0.39 is 17.5 Å². The van der Waals surface area contributed by atoms with Gasteiger partial charge in [-0.3, -0.25) is 9.59 Å². The summed E-state index contributed by atoms with van der Waals surface area (Å²) in [6.07, 6.45) is 1.55. The van der Waals surface area contributed by atoms with Gasteiger partial charge in [-0.25, -0.2) is 4.79 Å². The first-order chi connectivity index (χ1) is 11.4. The molecule has 0 bridgehead atoms. The van der Waals surface area contributed by atoms with Crippen LogP contribution in [0.1, 0.15) is 26.3 Å². The van der Waals surface area contributed by atoms with Gasteiger partial charge in [-0.1, -0.05) is 48.5 Å². The normalized spacial score (nSPS) is 11.0. The Hall–Kier alpha value is -3.21. The van der Waals surface area contributed by atoms with Crippen molar-refractivity contribution in [2.24, 2.45) is 0 Å². The van der Waals surface area contributed by atoms with Gasteiger partial charge in [-0.15, -0.1) is 0 Å². The Balaban J connectivity index is 2.48. The molecule has 122 valence electrons.